The molecule has 1 aromatic heterocycles. The van der Waals surface area contributed by atoms with Crippen molar-refractivity contribution in [2.75, 3.05) is 13.6 Å². The molecule has 0 bridgehead atoms. The van der Waals surface area contributed by atoms with E-state index in [1.165, 1.54) is 4.90 Å². The lowest BCUT2D eigenvalue weighted by Crippen LogP contribution is -2.53. The third kappa shape index (κ3) is 5.14. The van der Waals surface area contributed by atoms with E-state index in [0.29, 0.717) is 0 Å². The predicted molar refractivity (Wildman–Crippen MR) is 123 cm³/mol. The van der Waals surface area contributed by atoms with E-state index in [-0.39, 0.29) is 42.8 Å². The van der Waals surface area contributed by atoms with E-state index in [9.17, 15) is 14.7 Å². The number of aliphatic hydroxyl groups is 1. The summed E-state index contributed by atoms with van der Waals surface area (Å²) in [5.41, 5.74) is 4.92. The minimum absolute atomic E-state index is 0.0820. The van der Waals surface area contributed by atoms with Gasteiger partial charge in [-0.05, 0) is 37.9 Å². The van der Waals surface area contributed by atoms with Gasteiger partial charge < -0.3 is 20.6 Å². The molecule has 7 nitrogen and oxygen atoms in total. The molecular formula is C23H32N4O3S. The van der Waals surface area contributed by atoms with Gasteiger partial charge in [0.15, 0.2) is 0 Å². The molecule has 1 fully saturated rings. The van der Waals surface area contributed by atoms with Crippen LogP contribution in [0.1, 0.15) is 44.5 Å². The third-order valence-corrected chi connectivity index (χ3v) is 6.86. The van der Waals surface area contributed by atoms with Gasteiger partial charge in [0.25, 0.3) is 0 Å². The van der Waals surface area contributed by atoms with E-state index >= 15 is 0 Å². The van der Waals surface area contributed by atoms with Gasteiger partial charge in [-0.1, -0.05) is 38.1 Å². The van der Waals surface area contributed by atoms with E-state index in [2.05, 4.69) is 15.6 Å². The largest absolute Gasteiger partial charge is 0.391 e. The first-order chi connectivity index (χ1) is 14.7. The summed E-state index contributed by atoms with van der Waals surface area (Å²) in [6.07, 6.45) is -0.441. The number of aromatic nitrogens is 1. The highest BCUT2D eigenvalue weighted by Gasteiger charge is 2.41. The zero-order valence-electron chi connectivity index (χ0n) is 18.8. The van der Waals surface area contributed by atoms with Crippen LogP contribution in [0.25, 0.3) is 10.4 Å². The molecule has 0 spiro atoms. The predicted octanol–water partition coefficient (Wildman–Crippen LogP) is 2.50. The monoisotopic (exact) mass is 444 g/mol. The molecule has 1 unspecified atom stereocenters. The topological polar surface area (TPSA) is 94.6 Å². The van der Waals surface area contributed by atoms with Gasteiger partial charge in [-0.2, -0.15) is 0 Å². The number of amides is 2. The average Bonchev–Trinajstić information content (AvgIpc) is 3.33. The highest BCUT2D eigenvalue weighted by Crippen LogP contribution is 2.28. The van der Waals surface area contributed by atoms with Crippen LogP contribution in [0.5, 0.6) is 0 Å². The summed E-state index contributed by atoms with van der Waals surface area (Å²) in [5, 5.41) is 16.2. The minimum atomic E-state index is -0.693. The standard InChI is InChI=1S/C23H32N4O3S/c1-13(2)20(24-5)23(30)27-11-18(28)10-19(27)22(29)26-14(3)16-6-8-17(9-7-16)21-15(4)25-12-31-21/h6-9,12-14,18-20,24,28H,10-11H2,1-5H3,(H,26,29)/t14-,18+,19-,20?/m0/s1. The van der Waals surface area contributed by atoms with E-state index < -0.39 is 12.1 Å². The van der Waals surface area contributed by atoms with Gasteiger partial charge in [0.1, 0.15) is 6.04 Å². The van der Waals surface area contributed by atoms with Crippen LogP contribution in [0.3, 0.4) is 0 Å². The van der Waals surface area contributed by atoms with Crippen LogP contribution in [-0.2, 0) is 9.59 Å². The molecule has 1 aliphatic heterocycles. The lowest BCUT2D eigenvalue weighted by Gasteiger charge is -2.30. The number of thiazole rings is 1. The average molecular weight is 445 g/mol. The molecule has 2 heterocycles. The number of nitrogens with zero attached hydrogens (tertiary/aromatic N) is 2. The molecule has 1 aliphatic rings. The molecule has 1 aromatic carbocycles. The Morgan fingerprint density at radius 1 is 1.23 bits per heavy atom. The number of β-amino-alcohol motifs (C(OH)–C–C–N with tert-alkyl or cyclic N) is 1. The van der Waals surface area contributed by atoms with Crippen molar-refractivity contribution in [3.63, 3.8) is 0 Å². The molecule has 0 radical (unpaired) electrons. The first kappa shape index (κ1) is 23.4. The molecule has 31 heavy (non-hydrogen) atoms. The van der Waals surface area contributed by atoms with Gasteiger partial charge in [-0.15, -0.1) is 11.3 Å². The van der Waals surface area contributed by atoms with E-state index in [4.69, 9.17) is 0 Å². The van der Waals surface area contributed by atoms with Crippen LogP contribution >= 0.6 is 11.3 Å². The Bertz CT molecular complexity index is 912. The summed E-state index contributed by atoms with van der Waals surface area (Å²) in [6, 6.07) is 6.80. The van der Waals surface area contributed by atoms with Crippen LogP contribution in [0.2, 0.25) is 0 Å². The number of hydrogen-bond donors (Lipinski definition) is 3. The van der Waals surface area contributed by atoms with E-state index in [0.717, 1.165) is 21.7 Å². The summed E-state index contributed by atoms with van der Waals surface area (Å²) in [4.78, 5) is 33.0. The molecule has 3 N–H and O–H groups in total. The molecule has 4 atom stereocenters. The minimum Gasteiger partial charge on any atom is -0.391 e. The van der Waals surface area contributed by atoms with Crippen LogP contribution in [0.4, 0.5) is 0 Å². The van der Waals surface area contributed by atoms with Gasteiger partial charge in [-0.3, -0.25) is 9.59 Å². The summed E-state index contributed by atoms with van der Waals surface area (Å²) in [5.74, 6) is -0.303. The van der Waals surface area contributed by atoms with E-state index in [1.807, 2.05) is 57.5 Å². The van der Waals surface area contributed by atoms with Crippen molar-refractivity contribution in [1.29, 1.82) is 0 Å². The van der Waals surface area contributed by atoms with E-state index in [1.54, 1.807) is 18.4 Å². The van der Waals surface area contributed by atoms with Crippen molar-refractivity contribution in [1.82, 2.24) is 20.5 Å². The first-order valence-corrected chi connectivity index (χ1v) is 11.6. The highest BCUT2D eigenvalue weighted by atomic mass is 32.1. The third-order valence-electron chi connectivity index (χ3n) is 5.89. The Morgan fingerprint density at radius 2 is 1.90 bits per heavy atom. The Kier molecular flexibility index (Phi) is 7.46. The number of likely N-dealkylation sites (N-methyl/N-ethyl adjacent to an activating group) is 1. The summed E-state index contributed by atoms with van der Waals surface area (Å²) in [7, 11) is 1.74. The summed E-state index contributed by atoms with van der Waals surface area (Å²) in [6.45, 7) is 8.01. The van der Waals surface area contributed by atoms with Crippen LogP contribution in [-0.4, -0.2) is 58.6 Å². The second kappa shape index (κ2) is 9.89. The van der Waals surface area contributed by atoms with Gasteiger partial charge >= 0.3 is 0 Å². The smallest absolute Gasteiger partial charge is 0.243 e. The molecule has 2 amide bonds. The van der Waals surface area contributed by atoms with Crippen molar-refractivity contribution in [2.45, 2.75) is 58.3 Å². The lowest BCUT2D eigenvalue weighted by atomic mass is 10.0. The molecule has 0 saturated carbocycles. The zero-order valence-corrected chi connectivity index (χ0v) is 19.6. The van der Waals surface area contributed by atoms with Crippen molar-refractivity contribution in [3.05, 3.63) is 41.0 Å². The zero-order chi connectivity index (χ0) is 22.7. The normalized spacial score (nSPS) is 20.7. The molecule has 3 rings (SSSR count). The Balaban J connectivity index is 1.69. The second-order valence-electron chi connectivity index (χ2n) is 8.53. The SMILES string of the molecule is CNC(C(=O)N1C[C@H](O)C[C@H]1C(=O)N[C@@H](C)c1ccc(-c2scnc2C)cc1)C(C)C. The van der Waals surface area contributed by atoms with Crippen molar-refractivity contribution >= 4 is 23.2 Å². The second-order valence-corrected chi connectivity index (χ2v) is 9.38. The Labute approximate surface area is 187 Å². The molecule has 8 heteroatoms. The fraction of sp³-hybridized carbons (Fsp3) is 0.522. The maximum atomic E-state index is 13.0. The van der Waals surface area contributed by atoms with Crippen LogP contribution in [0, 0.1) is 12.8 Å². The molecular weight excluding hydrogens is 412 g/mol. The number of carbonyl (C=O) groups is 2. The summed E-state index contributed by atoms with van der Waals surface area (Å²) >= 11 is 1.61. The van der Waals surface area contributed by atoms with Crippen LogP contribution < -0.4 is 10.6 Å². The Morgan fingerprint density at radius 3 is 2.45 bits per heavy atom. The number of aryl methyl sites for hydroxylation is 1. The van der Waals surface area contributed by atoms with Crippen molar-refractivity contribution in [2.24, 2.45) is 5.92 Å². The molecule has 0 aliphatic carbocycles. The summed E-state index contributed by atoms with van der Waals surface area (Å²) < 4.78 is 0. The van der Waals surface area contributed by atoms with Crippen LogP contribution in [0.15, 0.2) is 29.8 Å². The number of aliphatic hydroxyl groups excluding tert-OH is 1. The molecule has 1 saturated heterocycles. The molecule has 168 valence electrons. The fourth-order valence-corrected chi connectivity index (χ4v) is 4.93. The maximum Gasteiger partial charge on any atom is 0.243 e. The quantitative estimate of drug-likeness (QED) is 0.610. The number of carbonyl (C=O) groups excluding carboxylic acids is 2. The highest BCUT2D eigenvalue weighted by molar-refractivity contribution is 7.13. The number of likely N-dealkylation sites (tertiary alicyclic amines) is 1. The van der Waals surface area contributed by atoms with Gasteiger partial charge in [-0.25, -0.2) is 4.98 Å². The van der Waals surface area contributed by atoms with Gasteiger partial charge in [0.05, 0.1) is 34.3 Å². The van der Waals surface area contributed by atoms with Crippen molar-refractivity contribution in [3.8, 4) is 10.4 Å². The molecule has 2 aromatic rings. The Hall–Kier alpha value is -2.29. The van der Waals surface area contributed by atoms with Gasteiger partial charge in [0, 0.05) is 13.0 Å². The maximum absolute atomic E-state index is 13.0. The number of benzene rings is 1. The number of rotatable bonds is 7. The number of nitrogens with one attached hydrogen (secondary N) is 2. The number of hydrogen-bond acceptors (Lipinski definition) is 6. The van der Waals surface area contributed by atoms with Crippen molar-refractivity contribution < 1.29 is 14.7 Å². The fourth-order valence-electron chi connectivity index (χ4n) is 4.12. The first-order valence-electron chi connectivity index (χ1n) is 10.7. The lowest BCUT2D eigenvalue weighted by molar-refractivity contribution is -0.141. The van der Waals surface area contributed by atoms with Gasteiger partial charge in [0.2, 0.25) is 11.8 Å².